The van der Waals surface area contributed by atoms with Crippen molar-refractivity contribution in [3.05, 3.63) is 0 Å². The van der Waals surface area contributed by atoms with E-state index in [-0.39, 0.29) is 0 Å². The SMILES string of the molecule is CC(C)BC1(C)CC12CC2(C)C(C)C. The molecule has 0 aromatic carbocycles. The van der Waals surface area contributed by atoms with Crippen LogP contribution in [0.5, 0.6) is 0 Å². The highest BCUT2D eigenvalue weighted by molar-refractivity contribution is 6.43. The van der Waals surface area contributed by atoms with E-state index >= 15 is 0 Å². The molecule has 1 heteroatoms. The largest absolute Gasteiger partial charge is 0.131 e. The highest BCUT2D eigenvalue weighted by Crippen LogP contribution is 2.92. The maximum Gasteiger partial charge on any atom is 0.131 e. The lowest BCUT2D eigenvalue weighted by atomic mass is 9.52. The summed E-state index contributed by atoms with van der Waals surface area (Å²) >= 11 is 0. The lowest BCUT2D eigenvalue weighted by Gasteiger charge is -2.19. The van der Waals surface area contributed by atoms with Crippen LogP contribution in [-0.2, 0) is 0 Å². The van der Waals surface area contributed by atoms with Gasteiger partial charge in [0.15, 0.2) is 0 Å². The Bertz CT molecular complexity index is 258. The average molecular weight is 192 g/mol. The van der Waals surface area contributed by atoms with Gasteiger partial charge in [-0.1, -0.05) is 52.7 Å². The fraction of sp³-hybridized carbons (Fsp3) is 1.00. The lowest BCUT2D eigenvalue weighted by molar-refractivity contribution is 0.342. The first-order valence-electron chi connectivity index (χ1n) is 6.27. The molecule has 0 bridgehead atoms. The second-order valence-electron chi connectivity index (χ2n) is 7.17. The molecule has 0 heterocycles. The van der Waals surface area contributed by atoms with Crippen LogP contribution in [0.15, 0.2) is 0 Å². The van der Waals surface area contributed by atoms with E-state index in [9.17, 15) is 0 Å². The zero-order valence-electron chi connectivity index (χ0n) is 10.8. The molecule has 2 fully saturated rings. The monoisotopic (exact) mass is 192 g/mol. The summed E-state index contributed by atoms with van der Waals surface area (Å²) in [4.78, 5) is 0. The molecular formula is C13H25B. The van der Waals surface area contributed by atoms with Crippen molar-refractivity contribution in [3.63, 3.8) is 0 Å². The topological polar surface area (TPSA) is 0 Å². The molecule has 80 valence electrons. The summed E-state index contributed by atoms with van der Waals surface area (Å²) in [6.45, 7) is 14.6. The minimum absolute atomic E-state index is 0.677. The van der Waals surface area contributed by atoms with E-state index in [4.69, 9.17) is 0 Å². The van der Waals surface area contributed by atoms with E-state index in [0.717, 1.165) is 17.2 Å². The van der Waals surface area contributed by atoms with Crippen LogP contribution in [-0.4, -0.2) is 7.28 Å². The minimum atomic E-state index is 0.677. The van der Waals surface area contributed by atoms with Gasteiger partial charge < -0.3 is 0 Å². The van der Waals surface area contributed by atoms with Crippen molar-refractivity contribution < 1.29 is 0 Å². The van der Waals surface area contributed by atoms with Crippen LogP contribution >= 0.6 is 0 Å². The van der Waals surface area contributed by atoms with Crippen LogP contribution in [0.25, 0.3) is 0 Å². The zero-order chi connectivity index (χ0) is 10.8. The maximum atomic E-state index is 2.53. The summed E-state index contributed by atoms with van der Waals surface area (Å²) in [5.74, 6) is 1.74. The van der Waals surface area contributed by atoms with E-state index in [1.165, 1.54) is 20.1 Å². The third-order valence-corrected chi connectivity index (χ3v) is 5.49. The Kier molecular flexibility index (Phi) is 1.96. The van der Waals surface area contributed by atoms with Gasteiger partial charge in [0.05, 0.1) is 0 Å². The molecule has 0 nitrogen and oxygen atoms in total. The molecule has 0 amide bonds. The first kappa shape index (κ1) is 10.6. The van der Waals surface area contributed by atoms with Gasteiger partial charge in [-0.3, -0.25) is 0 Å². The molecule has 1 spiro atoms. The van der Waals surface area contributed by atoms with Crippen molar-refractivity contribution in [1.29, 1.82) is 0 Å². The van der Waals surface area contributed by atoms with Crippen molar-refractivity contribution in [2.24, 2.45) is 16.7 Å². The molecule has 0 aliphatic heterocycles. The molecule has 0 aromatic heterocycles. The Hall–Kier alpha value is 0.0649. The predicted octanol–water partition coefficient (Wildman–Crippen LogP) is 3.89. The Morgan fingerprint density at radius 1 is 1.00 bits per heavy atom. The van der Waals surface area contributed by atoms with Gasteiger partial charge in [-0.2, -0.15) is 0 Å². The van der Waals surface area contributed by atoms with Crippen molar-refractivity contribution in [1.82, 2.24) is 0 Å². The maximum absolute atomic E-state index is 2.53. The standard InChI is InChI=1S/C13H25B/c1-9(2)11(5)7-13(11)8-12(13,6)14-10(3)4/h9-10,14H,7-8H2,1-6H3. The van der Waals surface area contributed by atoms with Crippen LogP contribution < -0.4 is 0 Å². The normalized spacial score (nSPS) is 50.3. The van der Waals surface area contributed by atoms with Crippen LogP contribution in [0, 0.1) is 16.7 Å². The Labute approximate surface area is 90.1 Å². The average Bonchev–Trinajstić information content (AvgIpc) is 2.72. The summed E-state index contributed by atoms with van der Waals surface area (Å²) in [5, 5.41) is 0.695. The minimum Gasteiger partial charge on any atom is -0.0706 e. The first-order valence-corrected chi connectivity index (χ1v) is 6.27. The van der Waals surface area contributed by atoms with Gasteiger partial charge >= 0.3 is 0 Å². The van der Waals surface area contributed by atoms with Crippen LogP contribution in [0.2, 0.25) is 11.1 Å². The highest BCUT2D eigenvalue weighted by atomic mass is 14.8. The van der Waals surface area contributed by atoms with Gasteiger partial charge in [0.1, 0.15) is 7.28 Å². The summed E-state index contributed by atoms with van der Waals surface area (Å²) in [5.41, 5.74) is 1.44. The van der Waals surface area contributed by atoms with E-state index in [2.05, 4.69) is 41.5 Å². The highest BCUT2D eigenvalue weighted by Gasteiger charge is 2.82. The molecule has 3 atom stereocenters. The predicted molar refractivity (Wildman–Crippen MR) is 65.2 cm³/mol. The molecule has 0 radical (unpaired) electrons. The second-order valence-corrected chi connectivity index (χ2v) is 7.17. The molecular weight excluding hydrogens is 167 g/mol. The van der Waals surface area contributed by atoms with Gasteiger partial charge in [-0.05, 0) is 29.6 Å². The summed E-state index contributed by atoms with van der Waals surface area (Å²) in [6.07, 6.45) is 3.01. The van der Waals surface area contributed by atoms with Crippen molar-refractivity contribution in [2.75, 3.05) is 0 Å². The number of hydrogen-bond acceptors (Lipinski definition) is 0. The molecule has 2 aliphatic rings. The third kappa shape index (κ3) is 1.08. The molecule has 2 saturated carbocycles. The first-order chi connectivity index (χ1) is 6.27. The number of rotatable bonds is 3. The Morgan fingerprint density at radius 2 is 1.57 bits per heavy atom. The van der Waals surface area contributed by atoms with Gasteiger partial charge in [0.2, 0.25) is 0 Å². The Morgan fingerprint density at radius 3 is 1.93 bits per heavy atom. The van der Waals surface area contributed by atoms with Crippen LogP contribution in [0.4, 0.5) is 0 Å². The van der Waals surface area contributed by atoms with Crippen molar-refractivity contribution in [3.8, 4) is 0 Å². The van der Waals surface area contributed by atoms with Crippen LogP contribution in [0.3, 0.4) is 0 Å². The van der Waals surface area contributed by atoms with E-state index in [1.807, 2.05) is 0 Å². The molecule has 14 heavy (non-hydrogen) atoms. The van der Waals surface area contributed by atoms with Gasteiger partial charge in [0, 0.05) is 0 Å². The summed E-state index contributed by atoms with van der Waals surface area (Å²) < 4.78 is 0. The third-order valence-electron chi connectivity index (χ3n) is 5.49. The molecule has 3 unspecified atom stereocenters. The van der Waals surface area contributed by atoms with Crippen molar-refractivity contribution >= 4 is 7.28 Å². The summed E-state index contributed by atoms with van der Waals surface area (Å²) in [6, 6.07) is 0. The van der Waals surface area contributed by atoms with E-state index in [0.29, 0.717) is 10.7 Å². The lowest BCUT2D eigenvalue weighted by Crippen LogP contribution is -2.13. The Balaban J connectivity index is 2.06. The molecule has 2 aliphatic carbocycles. The van der Waals surface area contributed by atoms with Crippen molar-refractivity contribution in [2.45, 2.75) is 65.5 Å². The number of hydrogen-bond donors (Lipinski definition) is 0. The van der Waals surface area contributed by atoms with Crippen LogP contribution in [0.1, 0.15) is 54.4 Å². The quantitative estimate of drug-likeness (QED) is 0.595. The summed E-state index contributed by atoms with van der Waals surface area (Å²) in [7, 11) is 1.44. The zero-order valence-corrected chi connectivity index (χ0v) is 10.8. The molecule has 2 rings (SSSR count). The van der Waals surface area contributed by atoms with Gasteiger partial charge in [0.25, 0.3) is 0 Å². The smallest absolute Gasteiger partial charge is 0.0706 e. The molecule has 0 aromatic rings. The van der Waals surface area contributed by atoms with E-state index in [1.54, 1.807) is 0 Å². The fourth-order valence-corrected chi connectivity index (χ4v) is 4.30. The molecule has 0 saturated heterocycles. The van der Waals surface area contributed by atoms with E-state index < -0.39 is 0 Å². The fourth-order valence-electron chi connectivity index (χ4n) is 4.30. The van der Waals surface area contributed by atoms with Gasteiger partial charge in [-0.25, -0.2) is 0 Å². The van der Waals surface area contributed by atoms with Gasteiger partial charge in [-0.15, -0.1) is 0 Å². The second kappa shape index (κ2) is 2.60. The molecule has 0 N–H and O–H groups in total.